The van der Waals surface area contributed by atoms with Crippen LogP contribution in [0.5, 0.6) is 11.5 Å². The lowest BCUT2D eigenvalue weighted by atomic mass is 9.79. The van der Waals surface area contributed by atoms with E-state index >= 15 is 0 Å². The summed E-state index contributed by atoms with van der Waals surface area (Å²) in [6, 6.07) is 31.4. The van der Waals surface area contributed by atoms with Crippen molar-refractivity contribution in [3.63, 3.8) is 0 Å². The zero-order chi connectivity index (χ0) is 68.9. The number of carbonyl (C=O) groups is 8. The average molecular weight is 1470 g/mol. The van der Waals surface area contributed by atoms with Gasteiger partial charge in [0.05, 0.1) is 88.5 Å². The molecule has 6 aromatic rings. The standard InChI is InChI=1S/C29H28Cl2N4O6.C23H23BrCl2N4O5.C13H19BO3.CH4.H2S/c1-41-21-8-5-17(6-9-21)19-13-22(30)26(23(31)14-19)28(38)35-24(29(39)40)10-7-20(36)15-34-27(37)18-4-2-3-16(11-18)12-25(32)33;1-35-23(34)18(30-22(33)20-16(25)9-14(24)10-17(20)26)6-5-15(31)11-29-21(32)13-4-2-3-12(7-13)8-19(27)28;1-12(2)13(3,4)17-14(16-12)10-6-8-11(15-5)9-7-10;;/h2-6,8-9,11,13-14,24H,7,10,12,15H2,1H3,(H3,32,33)(H,34,37)(H,35,38)(H,39,40);2-4,7,9-10,18H,5-6,8,11H2,1H3,(H3,27,28)(H,29,32)(H,30,33);6-9H,1-5H3;1H4;1H2/t24-;18-;;;/m00.../s1. The summed E-state index contributed by atoms with van der Waals surface area (Å²) < 4.78 is 27.5. The third kappa shape index (κ3) is 24.6. The number of amides is 4. The first-order valence-electron chi connectivity index (χ1n) is 28.5. The largest absolute Gasteiger partial charge is 0.497 e. The Morgan fingerprint density at radius 2 is 0.968 bits per heavy atom. The van der Waals surface area contributed by atoms with Crippen LogP contribution >= 0.6 is 75.8 Å². The van der Waals surface area contributed by atoms with Gasteiger partial charge in [-0.2, -0.15) is 13.5 Å². The zero-order valence-corrected chi connectivity index (χ0v) is 57.8. The van der Waals surface area contributed by atoms with Gasteiger partial charge in [0.25, 0.3) is 23.6 Å². The van der Waals surface area contributed by atoms with E-state index in [1.165, 1.54) is 12.1 Å². The predicted molar refractivity (Wildman–Crippen MR) is 378 cm³/mol. The summed E-state index contributed by atoms with van der Waals surface area (Å²) in [5, 5.41) is 34.4. The number of ketones is 2. The highest BCUT2D eigenvalue weighted by Crippen LogP contribution is 2.37. The summed E-state index contributed by atoms with van der Waals surface area (Å²) in [4.78, 5) is 99.0. The molecular weight excluding hydrogens is 1390 g/mol. The summed E-state index contributed by atoms with van der Waals surface area (Å²) in [5.74, 6) is -3.95. The van der Waals surface area contributed by atoms with Gasteiger partial charge in [-0.3, -0.25) is 39.6 Å². The van der Waals surface area contributed by atoms with Crippen LogP contribution in [0.4, 0.5) is 0 Å². The molecule has 0 saturated carbocycles. The number of nitrogens with two attached hydrogens (primary N) is 2. The van der Waals surface area contributed by atoms with E-state index in [-0.39, 0.29) is 140 Å². The van der Waals surface area contributed by atoms with E-state index in [0.29, 0.717) is 38.0 Å². The van der Waals surface area contributed by atoms with Crippen molar-refractivity contribution in [1.29, 1.82) is 10.8 Å². The summed E-state index contributed by atoms with van der Waals surface area (Å²) in [6.45, 7) is 7.60. The maximum atomic E-state index is 12.9. The molecule has 1 saturated heterocycles. The van der Waals surface area contributed by atoms with Crippen LogP contribution in [-0.4, -0.2) is 129 Å². The summed E-state index contributed by atoms with van der Waals surface area (Å²) in [5.41, 5.74) is 14.5. The van der Waals surface area contributed by atoms with Gasteiger partial charge in [0.1, 0.15) is 23.6 Å². The number of carboxylic acid groups (broad SMARTS) is 1. The van der Waals surface area contributed by atoms with Gasteiger partial charge in [-0.1, -0.05) is 118 Å². The molecular formula is C66H76BBrCl4N8O14S. The Morgan fingerprint density at radius 3 is 1.36 bits per heavy atom. The molecule has 2 atom stereocenters. The smallest absolute Gasteiger partial charge is 0.494 e. The van der Waals surface area contributed by atoms with Crippen LogP contribution in [0.3, 0.4) is 0 Å². The molecule has 1 fully saturated rings. The number of aliphatic carboxylic acids is 1. The molecule has 0 aliphatic carbocycles. The van der Waals surface area contributed by atoms with Crippen LogP contribution in [0, 0.1) is 10.8 Å². The molecule has 0 unspecified atom stereocenters. The maximum absolute atomic E-state index is 12.9. The Hall–Kier alpha value is -8.01. The Labute approximate surface area is 587 Å². The Bertz CT molecular complexity index is 3700. The van der Waals surface area contributed by atoms with E-state index in [1.54, 1.807) is 99.1 Å². The van der Waals surface area contributed by atoms with Crippen LogP contribution in [-0.2, 0) is 46.1 Å². The quantitative estimate of drug-likeness (QED) is 0.0105. The molecule has 1 heterocycles. The molecule has 0 spiro atoms. The third-order valence-electron chi connectivity index (χ3n) is 14.4. The number of carbonyl (C=O) groups excluding carboxylic acids is 7. The second kappa shape index (κ2) is 37.9. The van der Waals surface area contributed by atoms with Crippen molar-refractivity contribution in [3.05, 3.63) is 179 Å². The lowest BCUT2D eigenvalue weighted by molar-refractivity contribution is -0.143. The highest BCUT2D eigenvalue weighted by molar-refractivity contribution is 9.10. The molecule has 6 aromatic carbocycles. The van der Waals surface area contributed by atoms with Crippen molar-refractivity contribution >= 4 is 147 Å². The average Bonchev–Trinajstić information content (AvgIpc) is 1.65. The molecule has 0 aromatic heterocycles. The lowest BCUT2D eigenvalue weighted by Gasteiger charge is -2.32. The first kappa shape index (κ1) is 81.2. The Kier molecular flexibility index (Phi) is 32.4. The first-order valence-corrected chi connectivity index (χ1v) is 30.8. The number of halogens is 5. The van der Waals surface area contributed by atoms with E-state index in [2.05, 4.69) is 64.9 Å². The zero-order valence-electron chi connectivity index (χ0n) is 52.2. The van der Waals surface area contributed by atoms with E-state index in [1.807, 2.05) is 24.3 Å². The lowest BCUT2D eigenvalue weighted by Crippen LogP contribution is -2.42. The maximum Gasteiger partial charge on any atom is 0.494 e. The molecule has 29 heteroatoms. The number of ether oxygens (including phenoxy) is 3. The van der Waals surface area contributed by atoms with Gasteiger partial charge >= 0.3 is 19.1 Å². The van der Waals surface area contributed by atoms with Gasteiger partial charge in [-0.15, -0.1) is 0 Å². The van der Waals surface area contributed by atoms with Gasteiger partial charge in [-0.25, -0.2) is 9.59 Å². The number of esters is 1. The molecule has 22 nitrogen and oxygen atoms in total. The van der Waals surface area contributed by atoms with Gasteiger partial charge in [0.2, 0.25) is 0 Å². The minimum absolute atomic E-state index is 0. The van der Waals surface area contributed by atoms with Crippen LogP contribution in [0.15, 0.2) is 126 Å². The van der Waals surface area contributed by atoms with Crippen molar-refractivity contribution in [3.8, 4) is 22.6 Å². The second-order valence-corrected chi connectivity index (χ2v) is 24.4. The number of carboxylic acids is 1. The van der Waals surface area contributed by atoms with Gasteiger partial charge < -0.3 is 61.4 Å². The SMILES string of the molecule is C.COC(=O)[C@H](CCC(=O)CNC(=O)c1cccc(CC(=N)N)c1)NC(=O)c1c(Cl)cc(Br)cc1Cl.COc1ccc(-c2cc(Cl)c(C(=O)N[C@@H](CCC(=O)CNC(=O)c3cccc(CC(=N)N)c3)C(=O)O)c(Cl)c2)cc1.COc1ccc(B2OC(C)(C)C(C)(C)O2)cc1.S. The molecule has 0 bridgehead atoms. The van der Waals surface area contributed by atoms with Crippen molar-refractivity contribution < 1.29 is 67.0 Å². The number of rotatable bonds is 26. The summed E-state index contributed by atoms with van der Waals surface area (Å²) in [6.07, 6.45) is -0.231. The van der Waals surface area contributed by atoms with Crippen molar-refractivity contribution in [1.82, 2.24) is 21.3 Å². The molecule has 1 aliphatic rings. The number of benzene rings is 6. The second-order valence-electron chi connectivity index (χ2n) is 21.9. The third-order valence-corrected chi connectivity index (χ3v) is 16.1. The predicted octanol–water partition coefficient (Wildman–Crippen LogP) is 10.1. The van der Waals surface area contributed by atoms with Crippen molar-refractivity contribution in [2.45, 2.75) is 96.9 Å². The number of methoxy groups -OCH3 is 3. The first-order chi connectivity index (χ1) is 43.8. The number of hydrogen-bond donors (Lipinski definition) is 9. The highest BCUT2D eigenvalue weighted by Gasteiger charge is 2.51. The Morgan fingerprint density at radius 1 is 0.579 bits per heavy atom. The van der Waals surface area contributed by atoms with E-state index in [4.69, 9.17) is 92.2 Å². The fourth-order valence-electron chi connectivity index (χ4n) is 8.78. The minimum Gasteiger partial charge on any atom is -0.497 e. The van der Waals surface area contributed by atoms with Crippen molar-refractivity contribution in [2.75, 3.05) is 34.4 Å². The molecule has 11 N–H and O–H groups in total. The number of amidine groups is 2. The number of hydrogen-bond acceptors (Lipinski definition) is 15. The number of nitrogens with one attached hydrogen (secondary N) is 6. The molecule has 7 rings (SSSR count). The minimum atomic E-state index is -1.40. The highest BCUT2D eigenvalue weighted by atomic mass is 79.9. The fourth-order valence-corrected chi connectivity index (χ4v) is 10.8. The Balaban J connectivity index is 0.000000395. The molecule has 508 valence electrons. The van der Waals surface area contributed by atoms with E-state index in [0.717, 1.165) is 23.9 Å². The summed E-state index contributed by atoms with van der Waals surface area (Å²) in [7, 11) is 4.06. The van der Waals surface area contributed by atoms with Crippen molar-refractivity contribution in [2.24, 2.45) is 11.5 Å². The van der Waals surface area contributed by atoms with Gasteiger partial charge in [-0.05, 0) is 141 Å². The van der Waals surface area contributed by atoms with Gasteiger partial charge in [0.15, 0.2) is 11.6 Å². The van der Waals surface area contributed by atoms with Gasteiger partial charge in [0, 0.05) is 41.3 Å². The molecule has 0 radical (unpaired) electrons. The molecule has 95 heavy (non-hydrogen) atoms. The molecule has 4 amide bonds. The van der Waals surface area contributed by atoms with Crippen LogP contribution in [0.25, 0.3) is 11.1 Å². The summed E-state index contributed by atoms with van der Waals surface area (Å²) >= 11 is 28.1. The number of Topliss-reactive ketones (excluding diaryl/α,β-unsaturated/α-hetero) is 2. The topological polar surface area (TPSA) is 351 Å². The van der Waals surface area contributed by atoms with Crippen LogP contribution < -0.4 is 47.7 Å². The van der Waals surface area contributed by atoms with E-state index in [9.17, 15) is 43.5 Å². The normalized spacial score (nSPS) is 12.9. The monoisotopic (exact) mass is 1470 g/mol. The molecule has 1 aliphatic heterocycles. The van der Waals surface area contributed by atoms with Crippen LogP contribution in [0.2, 0.25) is 20.1 Å². The van der Waals surface area contributed by atoms with Crippen LogP contribution in [0.1, 0.15) is 113 Å². The fraction of sp³-hybridized carbons (Fsp3) is 0.303. The van der Waals surface area contributed by atoms with E-state index < -0.39 is 53.4 Å².